The fourth-order valence-corrected chi connectivity index (χ4v) is 2.00. The summed E-state index contributed by atoms with van der Waals surface area (Å²) >= 11 is 8.51. The standard InChI is InChI=1S/C11H5BrClF4N3/c12-5-2-1-3-6(14)9(5)19-8-4-7(11(15,16)17)18-10(13)20-8/h1-4H,(H,18,19,20). The molecule has 20 heavy (non-hydrogen) atoms. The van der Waals surface area contributed by atoms with E-state index in [9.17, 15) is 17.6 Å². The maximum atomic E-state index is 13.6. The summed E-state index contributed by atoms with van der Waals surface area (Å²) in [5, 5.41) is 1.85. The van der Waals surface area contributed by atoms with Gasteiger partial charge in [-0.3, -0.25) is 0 Å². The summed E-state index contributed by atoms with van der Waals surface area (Å²) in [4.78, 5) is 6.66. The van der Waals surface area contributed by atoms with E-state index >= 15 is 0 Å². The van der Waals surface area contributed by atoms with Gasteiger partial charge in [0.1, 0.15) is 11.6 Å². The van der Waals surface area contributed by atoms with Gasteiger partial charge in [0, 0.05) is 10.5 Å². The topological polar surface area (TPSA) is 37.8 Å². The van der Waals surface area contributed by atoms with E-state index in [1.54, 1.807) is 0 Å². The van der Waals surface area contributed by atoms with Crippen molar-refractivity contribution in [1.82, 2.24) is 9.97 Å². The minimum absolute atomic E-state index is 0.0459. The zero-order chi connectivity index (χ0) is 14.9. The second kappa shape index (κ2) is 5.53. The maximum absolute atomic E-state index is 13.6. The van der Waals surface area contributed by atoms with E-state index < -0.39 is 23.0 Å². The van der Waals surface area contributed by atoms with Crippen molar-refractivity contribution in [2.75, 3.05) is 5.32 Å². The number of para-hydroxylation sites is 1. The van der Waals surface area contributed by atoms with Crippen LogP contribution in [0.15, 0.2) is 28.7 Å². The van der Waals surface area contributed by atoms with Crippen LogP contribution in [0, 0.1) is 5.82 Å². The Morgan fingerprint density at radius 3 is 2.50 bits per heavy atom. The average Bonchev–Trinajstić information content (AvgIpc) is 2.32. The van der Waals surface area contributed by atoms with Crippen LogP contribution in [0.3, 0.4) is 0 Å². The Labute approximate surface area is 124 Å². The predicted molar refractivity (Wildman–Crippen MR) is 69.4 cm³/mol. The summed E-state index contributed by atoms with van der Waals surface area (Å²) in [6, 6.07) is 4.77. The SMILES string of the molecule is Fc1cccc(Br)c1Nc1cc(C(F)(F)F)nc(Cl)n1. The number of halogens is 6. The van der Waals surface area contributed by atoms with Crippen LogP contribution in [0.25, 0.3) is 0 Å². The number of benzene rings is 1. The molecule has 1 aromatic carbocycles. The van der Waals surface area contributed by atoms with E-state index in [4.69, 9.17) is 11.6 Å². The summed E-state index contributed by atoms with van der Waals surface area (Å²) in [5.41, 5.74) is -1.26. The Morgan fingerprint density at radius 1 is 1.20 bits per heavy atom. The zero-order valence-corrected chi connectivity index (χ0v) is 11.8. The first-order valence-electron chi connectivity index (χ1n) is 5.10. The summed E-state index contributed by atoms with van der Waals surface area (Å²) in [7, 11) is 0. The van der Waals surface area contributed by atoms with E-state index in [-0.39, 0.29) is 11.5 Å². The predicted octanol–water partition coefficient (Wildman–Crippen LogP) is 4.79. The van der Waals surface area contributed by atoms with E-state index in [1.807, 2.05) is 0 Å². The van der Waals surface area contributed by atoms with Crippen molar-refractivity contribution in [2.45, 2.75) is 6.18 Å². The lowest BCUT2D eigenvalue weighted by Crippen LogP contribution is -2.10. The van der Waals surface area contributed by atoms with E-state index in [1.165, 1.54) is 12.1 Å². The van der Waals surface area contributed by atoms with E-state index in [2.05, 4.69) is 31.2 Å². The van der Waals surface area contributed by atoms with Crippen LogP contribution in [0.4, 0.5) is 29.1 Å². The average molecular weight is 371 g/mol. The van der Waals surface area contributed by atoms with Crippen molar-refractivity contribution in [3.05, 3.63) is 45.5 Å². The van der Waals surface area contributed by atoms with Gasteiger partial charge in [-0.15, -0.1) is 0 Å². The van der Waals surface area contributed by atoms with Gasteiger partial charge < -0.3 is 5.32 Å². The minimum Gasteiger partial charge on any atom is -0.337 e. The van der Waals surface area contributed by atoms with Crippen LogP contribution in [-0.2, 0) is 6.18 Å². The quantitative estimate of drug-likeness (QED) is 0.610. The van der Waals surface area contributed by atoms with Gasteiger partial charge in [-0.1, -0.05) is 6.07 Å². The van der Waals surface area contributed by atoms with Crippen molar-refractivity contribution in [3.63, 3.8) is 0 Å². The Morgan fingerprint density at radius 2 is 1.90 bits per heavy atom. The van der Waals surface area contributed by atoms with Gasteiger partial charge in [0.25, 0.3) is 0 Å². The van der Waals surface area contributed by atoms with Gasteiger partial charge in [0.2, 0.25) is 5.28 Å². The highest BCUT2D eigenvalue weighted by molar-refractivity contribution is 9.10. The van der Waals surface area contributed by atoms with Crippen molar-refractivity contribution >= 4 is 39.0 Å². The zero-order valence-electron chi connectivity index (χ0n) is 9.47. The molecular weight excluding hydrogens is 365 g/mol. The van der Waals surface area contributed by atoms with Gasteiger partial charge in [-0.2, -0.15) is 13.2 Å². The Kier molecular flexibility index (Phi) is 4.14. The molecule has 1 aromatic heterocycles. The van der Waals surface area contributed by atoms with Crippen LogP contribution in [0.2, 0.25) is 5.28 Å². The number of aromatic nitrogens is 2. The van der Waals surface area contributed by atoms with Crippen LogP contribution in [0.1, 0.15) is 5.69 Å². The molecule has 0 atom stereocenters. The first-order valence-corrected chi connectivity index (χ1v) is 6.27. The second-order valence-electron chi connectivity index (χ2n) is 3.63. The van der Waals surface area contributed by atoms with Gasteiger partial charge in [-0.05, 0) is 39.7 Å². The molecule has 0 bridgehead atoms. The molecule has 0 saturated heterocycles. The summed E-state index contributed by atoms with van der Waals surface area (Å²) < 4.78 is 51.7. The second-order valence-corrected chi connectivity index (χ2v) is 4.82. The van der Waals surface area contributed by atoms with Crippen molar-refractivity contribution in [3.8, 4) is 0 Å². The molecule has 0 aliphatic carbocycles. The fourth-order valence-electron chi connectivity index (χ4n) is 1.37. The smallest absolute Gasteiger partial charge is 0.337 e. The highest BCUT2D eigenvalue weighted by atomic mass is 79.9. The molecule has 0 unspecified atom stereocenters. The number of nitrogens with zero attached hydrogens (tertiary/aromatic N) is 2. The molecule has 0 spiro atoms. The normalized spacial score (nSPS) is 11.5. The van der Waals surface area contributed by atoms with Gasteiger partial charge >= 0.3 is 6.18 Å². The summed E-state index contributed by atoms with van der Waals surface area (Å²) in [6.45, 7) is 0. The molecule has 0 fully saturated rings. The Hall–Kier alpha value is -1.41. The molecule has 106 valence electrons. The number of alkyl halides is 3. The highest BCUT2D eigenvalue weighted by Gasteiger charge is 2.33. The lowest BCUT2D eigenvalue weighted by atomic mass is 10.3. The number of rotatable bonds is 2. The van der Waals surface area contributed by atoms with Crippen molar-refractivity contribution in [2.24, 2.45) is 0 Å². The highest BCUT2D eigenvalue weighted by Crippen LogP contribution is 2.32. The maximum Gasteiger partial charge on any atom is 0.433 e. The molecule has 9 heteroatoms. The van der Waals surface area contributed by atoms with E-state index in [0.29, 0.717) is 10.5 Å². The molecule has 0 saturated carbocycles. The molecule has 1 N–H and O–H groups in total. The molecule has 0 amide bonds. The third kappa shape index (κ3) is 3.37. The molecule has 2 aromatic rings. The van der Waals surface area contributed by atoms with Crippen LogP contribution in [0.5, 0.6) is 0 Å². The van der Waals surface area contributed by atoms with Crippen molar-refractivity contribution < 1.29 is 17.6 Å². The van der Waals surface area contributed by atoms with Crippen molar-refractivity contribution in [1.29, 1.82) is 0 Å². The van der Waals surface area contributed by atoms with Gasteiger partial charge in [0.15, 0.2) is 5.69 Å². The molecule has 1 heterocycles. The molecule has 0 aliphatic heterocycles. The third-order valence-corrected chi connectivity index (χ3v) is 3.03. The molecule has 0 aliphatic rings. The van der Waals surface area contributed by atoms with Crippen LogP contribution in [-0.4, -0.2) is 9.97 Å². The Balaban J connectivity index is 2.42. The minimum atomic E-state index is -4.67. The first-order chi connectivity index (χ1) is 9.27. The fraction of sp³-hybridized carbons (Fsp3) is 0.0909. The summed E-state index contributed by atoms with van der Waals surface area (Å²) in [6.07, 6.45) is -4.67. The van der Waals surface area contributed by atoms with Crippen LogP contribution >= 0.6 is 27.5 Å². The van der Waals surface area contributed by atoms with E-state index in [0.717, 1.165) is 6.07 Å². The number of anilines is 2. The first kappa shape index (κ1) is 15.0. The molecule has 0 radical (unpaired) electrons. The number of hydrogen-bond donors (Lipinski definition) is 1. The molecule has 2 rings (SSSR count). The Bertz CT molecular complexity index is 628. The molecule has 3 nitrogen and oxygen atoms in total. The van der Waals surface area contributed by atoms with Crippen LogP contribution < -0.4 is 5.32 Å². The number of hydrogen-bond acceptors (Lipinski definition) is 3. The van der Waals surface area contributed by atoms with Gasteiger partial charge in [0.05, 0.1) is 5.69 Å². The largest absolute Gasteiger partial charge is 0.433 e. The lowest BCUT2D eigenvalue weighted by molar-refractivity contribution is -0.141. The monoisotopic (exact) mass is 369 g/mol. The molecular formula is C11H5BrClF4N3. The summed E-state index contributed by atoms with van der Waals surface area (Å²) in [5.74, 6) is -0.911. The van der Waals surface area contributed by atoms with Gasteiger partial charge in [-0.25, -0.2) is 14.4 Å². The lowest BCUT2D eigenvalue weighted by Gasteiger charge is -2.11. The number of nitrogens with one attached hydrogen (secondary N) is 1. The third-order valence-electron chi connectivity index (χ3n) is 2.21.